The molecule has 3 N–H and O–H groups in total. The van der Waals surface area contributed by atoms with E-state index in [4.69, 9.17) is 17.3 Å². The van der Waals surface area contributed by atoms with E-state index in [1.54, 1.807) is 18.3 Å². The number of nitrogens with two attached hydrogens (primary N) is 1. The first kappa shape index (κ1) is 11.7. The Balaban J connectivity index is 2.18. The Bertz CT molecular complexity index is 499. The monoisotopic (exact) mass is 247 g/mol. The summed E-state index contributed by atoms with van der Waals surface area (Å²) < 4.78 is 0. The van der Waals surface area contributed by atoms with Crippen LogP contribution in [0.1, 0.15) is 18.7 Å². The summed E-state index contributed by atoms with van der Waals surface area (Å²) in [7, 11) is 0. The van der Waals surface area contributed by atoms with E-state index < -0.39 is 0 Å². The van der Waals surface area contributed by atoms with Crippen molar-refractivity contribution in [2.75, 3.05) is 11.1 Å². The summed E-state index contributed by atoms with van der Waals surface area (Å²) in [6.45, 7) is 2.03. The first-order valence-corrected chi connectivity index (χ1v) is 5.77. The highest BCUT2D eigenvalue weighted by Gasteiger charge is 2.08. The van der Waals surface area contributed by atoms with Crippen molar-refractivity contribution in [1.29, 1.82) is 0 Å². The van der Waals surface area contributed by atoms with E-state index in [1.807, 2.05) is 31.2 Å². The third kappa shape index (κ3) is 2.88. The van der Waals surface area contributed by atoms with Crippen molar-refractivity contribution in [3.05, 3.63) is 53.3 Å². The maximum atomic E-state index is 5.94. The number of benzene rings is 1. The Labute approximate surface area is 106 Å². The van der Waals surface area contributed by atoms with Gasteiger partial charge in [-0.15, -0.1) is 0 Å². The zero-order valence-corrected chi connectivity index (χ0v) is 10.3. The van der Waals surface area contributed by atoms with Crippen LogP contribution in [-0.2, 0) is 0 Å². The number of anilines is 2. The van der Waals surface area contributed by atoms with E-state index in [-0.39, 0.29) is 6.04 Å². The minimum Gasteiger partial charge on any atom is -0.397 e. The molecule has 0 bridgehead atoms. The van der Waals surface area contributed by atoms with Gasteiger partial charge in [-0.05, 0) is 37.3 Å². The van der Waals surface area contributed by atoms with Gasteiger partial charge in [0.25, 0.3) is 0 Å². The Kier molecular flexibility index (Phi) is 3.49. The zero-order valence-electron chi connectivity index (χ0n) is 9.52. The van der Waals surface area contributed by atoms with E-state index in [1.165, 1.54) is 0 Å². The zero-order chi connectivity index (χ0) is 12.3. The van der Waals surface area contributed by atoms with Crippen molar-refractivity contribution >= 4 is 23.0 Å². The SMILES string of the molecule is CC(Nc1cc(Cl)ccc1N)c1ccccn1. The number of nitrogens with one attached hydrogen (secondary N) is 1. The van der Waals surface area contributed by atoms with Crippen LogP contribution in [0.2, 0.25) is 5.02 Å². The summed E-state index contributed by atoms with van der Waals surface area (Å²) in [5, 5.41) is 3.96. The number of aromatic nitrogens is 1. The highest BCUT2D eigenvalue weighted by Crippen LogP contribution is 2.26. The number of rotatable bonds is 3. The molecular weight excluding hydrogens is 234 g/mol. The topological polar surface area (TPSA) is 50.9 Å². The molecule has 0 aliphatic heterocycles. The maximum absolute atomic E-state index is 5.94. The summed E-state index contributed by atoms with van der Waals surface area (Å²) in [6.07, 6.45) is 1.77. The van der Waals surface area contributed by atoms with Gasteiger partial charge in [-0.1, -0.05) is 17.7 Å². The van der Waals surface area contributed by atoms with Gasteiger partial charge in [0, 0.05) is 11.2 Å². The lowest BCUT2D eigenvalue weighted by Gasteiger charge is -2.16. The summed E-state index contributed by atoms with van der Waals surface area (Å²) >= 11 is 5.94. The standard InChI is InChI=1S/C13H14ClN3/c1-9(12-4-2-3-7-16-12)17-13-8-10(14)5-6-11(13)15/h2-9,17H,15H2,1H3. The fourth-order valence-corrected chi connectivity index (χ4v) is 1.76. The summed E-state index contributed by atoms with van der Waals surface area (Å²) in [5.41, 5.74) is 8.35. The van der Waals surface area contributed by atoms with Gasteiger partial charge in [0.1, 0.15) is 0 Å². The predicted octanol–water partition coefficient (Wildman–Crippen LogP) is 3.49. The molecule has 17 heavy (non-hydrogen) atoms. The first-order chi connectivity index (χ1) is 8.16. The fourth-order valence-electron chi connectivity index (χ4n) is 1.59. The molecule has 1 unspecified atom stereocenters. The third-order valence-corrected chi connectivity index (χ3v) is 2.75. The Hall–Kier alpha value is -1.74. The quantitative estimate of drug-likeness (QED) is 0.817. The van der Waals surface area contributed by atoms with Crippen molar-refractivity contribution in [3.8, 4) is 0 Å². The molecule has 0 radical (unpaired) electrons. The lowest BCUT2D eigenvalue weighted by atomic mass is 10.2. The molecule has 88 valence electrons. The Morgan fingerprint density at radius 3 is 2.82 bits per heavy atom. The molecule has 0 saturated carbocycles. The van der Waals surface area contributed by atoms with E-state index in [2.05, 4.69) is 10.3 Å². The molecule has 2 aromatic rings. The number of nitrogens with zero attached hydrogens (tertiary/aromatic N) is 1. The van der Waals surface area contributed by atoms with Crippen LogP contribution in [0, 0.1) is 0 Å². The molecule has 0 aliphatic carbocycles. The molecule has 0 saturated heterocycles. The second-order valence-electron chi connectivity index (χ2n) is 3.85. The molecule has 2 rings (SSSR count). The Morgan fingerprint density at radius 1 is 1.29 bits per heavy atom. The minimum absolute atomic E-state index is 0.0805. The second kappa shape index (κ2) is 5.06. The molecule has 1 aromatic heterocycles. The van der Waals surface area contributed by atoms with Gasteiger partial charge >= 0.3 is 0 Å². The van der Waals surface area contributed by atoms with Crippen molar-refractivity contribution in [3.63, 3.8) is 0 Å². The van der Waals surface area contributed by atoms with E-state index in [0.717, 1.165) is 11.4 Å². The molecule has 0 amide bonds. The lowest BCUT2D eigenvalue weighted by molar-refractivity contribution is 0.840. The van der Waals surface area contributed by atoms with Gasteiger partial charge in [0.2, 0.25) is 0 Å². The number of nitrogen functional groups attached to an aromatic ring is 1. The van der Waals surface area contributed by atoms with Gasteiger partial charge in [-0.2, -0.15) is 0 Å². The molecule has 0 aliphatic rings. The van der Waals surface area contributed by atoms with Crippen LogP contribution in [0.3, 0.4) is 0 Å². The number of pyridine rings is 1. The average molecular weight is 248 g/mol. The highest BCUT2D eigenvalue weighted by molar-refractivity contribution is 6.31. The van der Waals surface area contributed by atoms with Gasteiger partial charge in [-0.25, -0.2) is 0 Å². The number of hydrogen-bond donors (Lipinski definition) is 2. The first-order valence-electron chi connectivity index (χ1n) is 5.39. The largest absolute Gasteiger partial charge is 0.397 e. The highest BCUT2D eigenvalue weighted by atomic mass is 35.5. The molecular formula is C13H14ClN3. The van der Waals surface area contributed by atoms with Crippen molar-refractivity contribution < 1.29 is 0 Å². The Morgan fingerprint density at radius 2 is 2.12 bits per heavy atom. The molecule has 0 fully saturated rings. The van der Waals surface area contributed by atoms with Crippen molar-refractivity contribution in [2.45, 2.75) is 13.0 Å². The van der Waals surface area contributed by atoms with Crippen LogP contribution in [-0.4, -0.2) is 4.98 Å². The minimum atomic E-state index is 0.0805. The number of hydrogen-bond acceptors (Lipinski definition) is 3. The van der Waals surface area contributed by atoms with Gasteiger partial charge in [0.15, 0.2) is 0 Å². The smallest absolute Gasteiger partial charge is 0.0657 e. The van der Waals surface area contributed by atoms with Gasteiger partial charge in [0.05, 0.1) is 23.1 Å². The van der Waals surface area contributed by atoms with Crippen LogP contribution in [0.4, 0.5) is 11.4 Å². The third-order valence-electron chi connectivity index (χ3n) is 2.52. The maximum Gasteiger partial charge on any atom is 0.0657 e. The van der Waals surface area contributed by atoms with Crippen LogP contribution in [0.5, 0.6) is 0 Å². The van der Waals surface area contributed by atoms with Crippen LogP contribution >= 0.6 is 11.6 Å². The average Bonchev–Trinajstić information content (AvgIpc) is 2.35. The van der Waals surface area contributed by atoms with Crippen LogP contribution < -0.4 is 11.1 Å². The van der Waals surface area contributed by atoms with E-state index in [9.17, 15) is 0 Å². The van der Waals surface area contributed by atoms with E-state index >= 15 is 0 Å². The molecule has 1 heterocycles. The molecule has 1 atom stereocenters. The summed E-state index contributed by atoms with van der Waals surface area (Å²) in [4.78, 5) is 4.29. The second-order valence-corrected chi connectivity index (χ2v) is 4.29. The number of halogens is 1. The fraction of sp³-hybridized carbons (Fsp3) is 0.154. The van der Waals surface area contributed by atoms with Crippen molar-refractivity contribution in [1.82, 2.24) is 4.98 Å². The van der Waals surface area contributed by atoms with E-state index in [0.29, 0.717) is 10.7 Å². The predicted molar refractivity (Wildman–Crippen MR) is 72.1 cm³/mol. The van der Waals surface area contributed by atoms with Gasteiger partial charge in [-0.3, -0.25) is 4.98 Å². The summed E-state index contributed by atoms with van der Waals surface area (Å²) in [5.74, 6) is 0. The molecule has 3 nitrogen and oxygen atoms in total. The molecule has 1 aromatic carbocycles. The normalized spacial score (nSPS) is 12.1. The molecule has 4 heteroatoms. The summed E-state index contributed by atoms with van der Waals surface area (Å²) in [6, 6.07) is 11.3. The van der Waals surface area contributed by atoms with Crippen molar-refractivity contribution in [2.24, 2.45) is 0 Å². The lowest BCUT2D eigenvalue weighted by Crippen LogP contribution is -2.09. The molecule has 0 spiro atoms. The van der Waals surface area contributed by atoms with Crippen LogP contribution in [0.25, 0.3) is 0 Å². The van der Waals surface area contributed by atoms with Crippen LogP contribution in [0.15, 0.2) is 42.6 Å². The van der Waals surface area contributed by atoms with Gasteiger partial charge < -0.3 is 11.1 Å².